The largest absolute Gasteiger partial charge is 0.416 e. The van der Waals surface area contributed by atoms with Gasteiger partial charge in [0.15, 0.2) is 5.78 Å². The van der Waals surface area contributed by atoms with Crippen LogP contribution < -0.4 is 10.6 Å². The number of fused-ring (bicyclic) bond motifs is 2. The van der Waals surface area contributed by atoms with E-state index in [1.165, 1.54) is 5.56 Å². The van der Waals surface area contributed by atoms with Crippen LogP contribution >= 0.6 is 0 Å². The highest BCUT2D eigenvalue weighted by molar-refractivity contribution is 5.88. The molecular formula is C35H36F6N2O2. The number of carbonyl (C=O) groups excluding carboxylic acids is 1. The quantitative estimate of drug-likeness (QED) is 0.254. The molecule has 2 N–H and O–H groups in total. The predicted octanol–water partition coefficient (Wildman–Crippen LogP) is 7.46. The third-order valence-electron chi connectivity index (χ3n) is 9.96. The van der Waals surface area contributed by atoms with Crippen LogP contribution in [0.2, 0.25) is 0 Å². The van der Waals surface area contributed by atoms with Crippen molar-refractivity contribution in [2.24, 2.45) is 11.8 Å². The molecule has 2 saturated heterocycles. The number of ketones is 1. The maximum Gasteiger partial charge on any atom is 0.416 e. The minimum Gasteiger partial charge on any atom is -0.359 e. The number of hydrogen-bond donors (Lipinski definition) is 2. The van der Waals surface area contributed by atoms with Crippen LogP contribution in [0.25, 0.3) is 0 Å². The lowest BCUT2D eigenvalue weighted by molar-refractivity contribution is -0.143. The number of piperidine rings is 2. The SMILES string of the molecule is O=C(C1CCCC(OCc2cc(C(F)(F)F)cc(C(F)(F)F)c2)N1)C1CNC2CCC1(c1ccccc1)C2Cc1ccccc1. The summed E-state index contributed by atoms with van der Waals surface area (Å²) in [5.41, 5.74) is -0.981. The minimum absolute atomic E-state index is 0.0662. The van der Waals surface area contributed by atoms with Crippen molar-refractivity contribution in [3.63, 3.8) is 0 Å². The van der Waals surface area contributed by atoms with E-state index in [1.807, 2.05) is 36.4 Å². The summed E-state index contributed by atoms with van der Waals surface area (Å²) < 4.78 is 85.9. The van der Waals surface area contributed by atoms with Gasteiger partial charge in [0.2, 0.25) is 0 Å². The number of hydrogen-bond acceptors (Lipinski definition) is 4. The zero-order valence-corrected chi connectivity index (χ0v) is 24.6. The van der Waals surface area contributed by atoms with Crippen LogP contribution in [0.3, 0.4) is 0 Å². The summed E-state index contributed by atoms with van der Waals surface area (Å²) in [5.74, 6) is -0.0534. The number of benzene rings is 3. The molecule has 2 bridgehead atoms. The fourth-order valence-electron chi connectivity index (χ4n) is 7.92. The van der Waals surface area contributed by atoms with Gasteiger partial charge in [-0.1, -0.05) is 60.7 Å². The third-order valence-corrected chi connectivity index (χ3v) is 9.96. The van der Waals surface area contributed by atoms with Gasteiger partial charge in [-0.25, -0.2) is 0 Å². The topological polar surface area (TPSA) is 50.4 Å². The highest BCUT2D eigenvalue weighted by atomic mass is 19.4. The van der Waals surface area contributed by atoms with E-state index < -0.39 is 42.4 Å². The lowest BCUT2D eigenvalue weighted by atomic mass is 9.58. The first-order valence-electron chi connectivity index (χ1n) is 15.5. The fourth-order valence-corrected chi connectivity index (χ4v) is 7.92. The van der Waals surface area contributed by atoms with E-state index in [0.717, 1.165) is 24.8 Å². The summed E-state index contributed by atoms with van der Waals surface area (Å²) in [6.07, 6.45) is -6.19. The van der Waals surface area contributed by atoms with Crippen molar-refractivity contribution in [1.82, 2.24) is 10.6 Å². The van der Waals surface area contributed by atoms with Gasteiger partial charge in [-0.15, -0.1) is 0 Å². The number of Topliss-reactive ketones (excluding diaryl/α,β-unsaturated/α-hetero) is 1. The molecule has 6 atom stereocenters. The van der Waals surface area contributed by atoms with Gasteiger partial charge >= 0.3 is 12.4 Å². The first kappa shape index (κ1) is 31.8. The molecule has 1 aliphatic carbocycles. The number of carbonyl (C=O) groups is 1. The van der Waals surface area contributed by atoms with Crippen molar-refractivity contribution in [1.29, 1.82) is 0 Å². The van der Waals surface area contributed by atoms with Crippen molar-refractivity contribution in [2.45, 2.75) is 81.2 Å². The lowest BCUT2D eigenvalue weighted by Crippen LogP contribution is -2.61. The zero-order chi connectivity index (χ0) is 31.8. The number of alkyl halides is 6. The normalized spacial score (nSPS) is 28.6. The molecule has 0 radical (unpaired) electrons. The molecule has 3 aromatic carbocycles. The van der Waals surface area contributed by atoms with E-state index in [2.05, 4.69) is 34.9 Å². The lowest BCUT2D eigenvalue weighted by Gasteiger charge is -2.49. The summed E-state index contributed by atoms with van der Waals surface area (Å²) in [6, 6.07) is 21.7. The van der Waals surface area contributed by atoms with E-state index in [-0.39, 0.29) is 40.7 Å². The van der Waals surface area contributed by atoms with Crippen LogP contribution in [0.15, 0.2) is 78.9 Å². The van der Waals surface area contributed by atoms with Gasteiger partial charge in [-0.05, 0) is 79.3 Å². The summed E-state index contributed by atoms with van der Waals surface area (Å²) in [4.78, 5) is 14.4. The van der Waals surface area contributed by atoms with Gasteiger partial charge < -0.3 is 10.1 Å². The first-order valence-corrected chi connectivity index (χ1v) is 15.5. The van der Waals surface area contributed by atoms with Crippen LogP contribution in [0.5, 0.6) is 0 Å². The molecule has 240 valence electrons. The zero-order valence-electron chi connectivity index (χ0n) is 24.6. The molecule has 3 aliphatic rings. The Hall–Kier alpha value is -3.21. The Labute approximate surface area is 258 Å². The van der Waals surface area contributed by atoms with E-state index in [9.17, 15) is 31.1 Å². The Morgan fingerprint density at radius 2 is 1.47 bits per heavy atom. The molecule has 1 saturated carbocycles. The average Bonchev–Trinajstić information content (AvgIpc) is 3.25. The highest BCUT2D eigenvalue weighted by Crippen LogP contribution is 2.55. The molecule has 3 aromatic rings. The molecule has 6 unspecified atom stereocenters. The molecule has 10 heteroatoms. The number of halogens is 6. The van der Waals surface area contributed by atoms with Crippen molar-refractivity contribution in [2.75, 3.05) is 6.54 Å². The summed E-state index contributed by atoms with van der Waals surface area (Å²) in [7, 11) is 0. The third kappa shape index (κ3) is 6.55. The molecule has 0 aromatic heterocycles. The van der Waals surface area contributed by atoms with Gasteiger partial charge in [0, 0.05) is 23.9 Å². The number of rotatable bonds is 8. The Kier molecular flexibility index (Phi) is 8.84. The van der Waals surface area contributed by atoms with Gasteiger partial charge in [-0.2, -0.15) is 26.3 Å². The maximum atomic E-state index is 14.4. The average molecular weight is 631 g/mol. The summed E-state index contributed by atoms with van der Waals surface area (Å²) in [5, 5.41) is 6.93. The highest BCUT2D eigenvalue weighted by Gasteiger charge is 2.59. The number of ether oxygens (including phenoxy) is 1. The molecule has 2 aliphatic heterocycles. The second-order valence-electron chi connectivity index (χ2n) is 12.6. The molecule has 0 amide bonds. The van der Waals surface area contributed by atoms with Crippen molar-refractivity contribution in [3.8, 4) is 0 Å². The fraction of sp³-hybridized carbons (Fsp3) is 0.457. The van der Waals surface area contributed by atoms with Crippen LogP contribution in [0.4, 0.5) is 26.3 Å². The Bertz CT molecular complexity index is 1450. The second-order valence-corrected chi connectivity index (χ2v) is 12.6. The molecule has 4 nitrogen and oxygen atoms in total. The van der Waals surface area contributed by atoms with E-state index >= 15 is 0 Å². The Morgan fingerprint density at radius 1 is 0.822 bits per heavy atom. The van der Waals surface area contributed by atoms with Crippen molar-refractivity contribution in [3.05, 3.63) is 107 Å². The Morgan fingerprint density at radius 3 is 2.11 bits per heavy atom. The molecule has 2 heterocycles. The smallest absolute Gasteiger partial charge is 0.359 e. The number of nitrogens with one attached hydrogen (secondary N) is 2. The van der Waals surface area contributed by atoms with E-state index in [1.54, 1.807) is 0 Å². The van der Waals surface area contributed by atoms with E-state index in [4.69, 9.17) is 4.74 Å². The monoisotopic (exact) mass is 630 g/mol. The predicted molar refractivity (Wildman–Crippen MR) is 157 cm³/mol. The van der Waals surface area contributed by atoms with Crippen LogP contribution in [0.1, 0.15) is 59.9 Å². The van der Waals surface area contributed by atoms with E-state index in [0.29, 0.717) is 37.9 Å². The van der Waals surface area contributed by atoms with Crippen molar-refractivity contribution < 1.29 is 35.9 Å². The molecule has 3 fully saturated rings. The summed E-state index contributed by atoms with van der Waals surface area (Å²) >= 11 is 0. The van der Waals surface area contributed by atoms with Crippen LogP contribution in [-0.2, 0) is 40.3 Å². The molecule has 0 spiro atoms. The molecular weight excluding hydrogens is 594 g/mol. The van der Waals surface area contributed by atoms with Crippen LogP contribution in [0, 0.1) is 11.8 Å². The Balaban J connectivity index is 1.21. The second kappa shape index (κ2) is 12.5. The molecule has 6 rings (SSSR count). The van der Waals surface area contributed by atoms with Crippen molar-refractivity contribution >= 4 is 5.78 Å². The van der Waals surface area contributed by atoms with Crippen LogP contribution in [-0.4, -0.2) is 30.6 Å². The minimum atomic E-state index is -4.93. The van der Waals surface area contributed by atoms with Gasteiger partial charge in [0.1, 0.15) is 6.23 Å². The van der Waals surface area contributed by atoms with Gasteiger partial charge in [-0.3, -0.25) is 10.1 Å². The summed E-state index contributed by atoms with van der Waals surface area (Å²) in [6.45, 7) is 0.0865. The maximum absolute atomic E-state index is 14.4. The van der Waals surface area contributed by atoms with Gasteiger partial charge in [0.05, 0.1) is 23.8 Å². The first-order chi connectivity index (χ1) is 21.4. The standard InChI is InChI=1S/C35H36F6N2O2/c36-34(37,38)25-16-23(17-26(19-25)35(39,40)41)21-45-31-13-7-12-30(43-31)32(44)28-20-42-29-14-15-33(28,24-10-5-2-6-11-24)27(29)18-22-8-3-1-4-9-22/h1-6,8-11,16-17,19,27-31,42-43H,7,12-15,18,20-21H2. The molecule has 45 heavy (non-hydrogen) atoms. The van der Waals surface area contributed by atoms with Gasteiger partial charge in [0.25, 0.3) is 0 Å².